The first kappa shape index (κ1) is 12.5. The van der Waals surface area contributed by atoms with Gasteiger partial charge < -0.3 is 9.67 Å². The highest BCUT2D eigenvalue weighted by Gasteiger charge is 2.18. The second-order valence-corrected chi connectivity index (χ2v) is 4.69. The van der Waals surface area contributed by atoms with Crippen molar-refractivity contribution in [2.45, 2.75) is 39.8 Å². The van der Waals surface area contributed by atoms with E-state index < -0.39 is 6.10 Å². The van der Waals surface area contributed by atoms with Crippen LogP contribution in [0.5, 0.6) is 0 Å². The zero-order chi connectivity index (χ0) is 12.6. The smallest absolute Gasteiger partial charge is 0.115 e. The Bertz CT molecular complexity index is 543. The van der Waals surface area contributed by atoms with E-state index in [9.17, 15) is 5.11 Å². The first-order valence-corrected chi connectivity index (χ1v) is 6.46. The predicted octanol–water partition coefficient (Wildman–Crippen LogP) is 3.93. The summed E-state index contributed by atoms with van der Waals surface area (Å²) in [5.74, 6) is 0. The highest BCUT2D eigenvalue weighted by Crippen LogP contribution is 2.35. The molecule has 0 aliphatic rings. The lowest BCUT2D eigenvalue weighted by Crippen LogP contribution is -1.95. The Labute approximate surface area is 107 Å². The zero-order valence-corrected chi connectivity index (χ0v) is 11.3. The van der Waals surface area contributed by atoms with Gasteiger partial charge in [-0.2, -0.15) is 0 Å². The number of aliphatic hydroxyl groups is 1. The Morgan fingerprint density at radius 2 is 2.06 bits per heavy atom. The molecule has 1 heterocycles. The van der Waals surface area contributed by atoms with Gasteiger partial charge in [0.2, 0.25) is 0 Å². The fraction of sp³-hybridized carbons (Fsp3) is 0.429. The van der Waals surface area contributed by atoms with E-state index in [4.69, 9.17) is 11.6 Å². The Morgan fingerprint density at radius 3 is 2.59 bits per heavy atom. The van der Waals surface area contributed by atoms with Crippen molar-refractivity contribution in [2.75, 3.05) is 0 Å². The third-order valence-corrected chi connectivity index (χ3v) is 3.65. The van der Waals surface area contributed by atoms with Crippen LogP contribution in [0.2, 0.25) is 5.15 Å². The molecule has 17 heavy (non-hydrogen) atoms. The number of rotatable bonds is 3. The molecule has 0 aliphatic carbocycles. The summed E-state index contributed by atoms with van der Waals surface area (Å²) in [6, 6.07) is 6.35. The summed E-state index contributed by atoms with van der Waals surface area (Å²) >= 11 is 6.35. The van der Waals surface area contributed by atoms with Gasteiger partial charge in [0.25, 0.3) is 0 Å². The predicted molar refractivity (Wildman–Crippen MR) is 72.6 cm³/mol. The highest BCUT2D eigenvalue weighted by molar-refractivity contribution is 6.32. The molecule has 2 rings (SSSR count). The lowest BCUT2D eigenvalue weighted by molar-refractivity contribution is 0.200. The fourth-order valence-electron chi connectivity index (χ4n) is 2.32. The fourth-order valence-corrected chi connectivity index (χ4v) is 2.79. The van der Waals surface area contributed by atoms with E-state index in [1.807, 2.05) is 4.57 Å². The van der Waals surface area contributed by atoms with Crippen LogP contribution in [-0.2, 0) is 13.0 Å². The molecule has 1 atom stereocenters. The molecule has 0 bridgehead atoms. The van der Waals surface area contributed by atoms with Crippen molar-refractivity contribution in [2.24, 2.45) is 0 Å². The van der Waals surface area contributed by atoms with Crippen LogP contribution in [0.25, 0.3) is 10.9 Å². The molecule has 0 saturated heterocycles. The van der Waals surface area contributed by atoms with Crippen molar-refractivity contribution in [1.82, 2.24) is 4.57 Å². The summed E-state index contributed by atoms with van der Waals surface area (Å²) in [6.07, 6.45) is 0.453. The van der Waals surface area contributed by atoms with E-state index in [-0.39, 0.29) is 0 Å². The largest absolute Gasteiger partial charge is 0.389 e. The number of aliphatic hydroxyl groups excluding tert-OH is 1. The maximum atomic E-state index is 9.88. The number of aryl methyl sites for hydroxylation is 2. The van der Waals surface area contributed by atoms with E-state index in [1.54, 1.807) is 6.92 Å². The normalized spacial score (nSPS) is 13.2. The van der Waals surface area contributed by atoms with Gasteiger partial charge in [0, 0.05) is 23.0 Å². The molecule has 1 aromatic carbocycles. The Morgan fingerprint density at radius 1 is 1.35 bits per heavy atom. The van der Waals surface area contributed by atoms with Gasteiger partial charge in [-0.05, 0) is 38.0 Å². The second-order valence-electron chi connectivity index (χ2n) is 4.33. The monoisotopic (exact) mass is 251 g/mol. The number of hydrogen-bond donors (Lipinski definition) is 1. The second kappa shape index (κ2) is 4.71. The Kier molecular flexibility index (Phi) is 3.45. The molecule has 0 spiro atoms. The van der Waals surface area contributed by atoms with Crippen molar-refractivity contribution in [1.29, 1.82) is 0 Å². The lowest BCUT2D eigenvalue weighted by atomic mass is 10.1. The van der Waals surface area contributed by atoms with Crippen molar-refractivity contribution in [3.05, 3.63) is 34.5 Å². The summed E-state index contributed by atoms with van der Waals surface area (Å²) in [7, 11) is 0. The number of hydrogen-bond acceptors (Lipinski definition) is 1. The SMILES string of the molecule is CCc1ccc2c(c1)c(C(C)O)c(Cl)n2CC. The van der Waals surface area contributed by atoms with E-state index in [1.165, 1.54) is 5.56 Å². The van der Waals surface area contributed by atoms with Gasteiger partial charge in [0.1, 0.15) is 5.15 Å². The summed E-state index contributed by atoms with van der Waals surface area (Å²) in [5.41, 5.74) is 3.22. The van der Waals surface area contributed by atoms with Gasteiger partial charge in [0.05, 0.1) is 6.10 Å². The molecule has 2 nitrogen and oxygen atoms in total. The minimum atomic E-state index is -0.537. The van der Waals surface area contributed by atoms with E-state index in [2.05, 4.69) is 32.0 Å². The van der Waals surface area contributed by atoms with Crippen LogP contribution in [0, 0.1) is 0 Å². The molecule has 2 aromatic rings. The van der Waals surface area contributed by atoms with Gasteiger partial charge >= 0.3 is 0 Å². The molecule has 0 fully saturated rings. The Hall–Kier alpha value is -0.990. The third-order valence-electron chi connectivity index (χ3n) is 3.24. The van der Waals surface area contributed by atoms with Crippen LogP contribution in [0.4, 0.5) is 0 Å². The molecule has 1 unspecified atom stereocenters. The van der Waals surface area contributed by atoms with E-state index >= 15 is 0 Å². The maximum absolute atomic E-state index is 9.88. The summed E-state index contributed by atoms with van der Waals surface area (Å²) in [5, 5.41) is 11.6. The summed E-state index contributed by atoms with van der Waals surface area (Å²) in [6.45, 7) is 6.76. The van der Waals surface area contributed by atoms with Crippen LogP contribution >= 0.6 is 11.6 Å². The quantitative estimate of drug-likeness (QED) is 0.879. The molecule has 1 aromatic heterocycles. The van der Waals surface area contributed by atoms with Gasteiger partial charge in [-0.25, -0.2) is 0 Å². The molecule has 0 saturated carbocycles. The first-order chi connectivity index (χ1) is 8.10. The Balaban J connectivity index is 2.81. The molecule has 0 aliphatic heterocycles. The minimum absolute atomic E-state index is 0.537. The molecule has 0 radical (unpaired) electrons. The van der Waals surface area contributed by atoms with Gasteiger partial charge in [0.15, 0.2) is 0 Å². The third kappa shape index (κ3) is 1.96. The van der Waals surface area contributed by atoms with Crippen LogP contribution in [0.15, 0.2) is 18.2 Å². The first-order valence-electron chi connectivity index (χ1n) is 6.08. The van der Waals surface area contributed by atoms with Crippen molar-refractivity contribution >= 4 is 22.5 Å². The summed E-state index contributed by atoms with van der Waals surface area (Å²) < 4.78 is 2.04. The number of nitrogens with zero attached hydrogens (tertiary/aromatic N) is 1. The van der Waals surface area contributed by atoms with Gasteiger partial charge in [-0.15, -0.1) is 0 Å². The summed E-state index contributed by atoms with van der Waals surface area (Å²) in [4.78, 5) is 0. The standard InChI is InChI=1S/C14H18ClNO/c1-4-10-6-7-12-11(8-10)13(9(3)17)14(15)16(12)5-2/h6-9,17H,4-5H2,1-3H3. The van der Waals surface area contributed by atoms with E-state index in [0.717, 1.165) is 29.4 Å². The van der Waals surface area contributed by atoms with Gasteiger partial charge in [-0.1, -0.05) is 24.6 Å². The van der Waals surface area contributed by atoms with Crippen LogP contribution in [0.3, 0.4) is 0 Å². The molecule has 3 heteroatoms. The minimum Gasteiger partial charge on any atom is -0.389 e. The van der Waals surface area contributed by atoms with Crippen molar-refractivity contribution < 1.29 is 5.11 Å². The van der Waals surface area contributed by atoms with Crippen LogP contribution in [-0.4, -0.2) is 9.67 Å². The molecule has 1 N–H and O–H groups in total. The maximum Gasteiger partial charge on any atom is 0.115 e. The number of benzene rings is 1. The number of halogens is 1. The van der Waals surface area contributed by atoms with Crippen LogP contribution < -0.4 is 0 Å². The van der Waals surface area contributed by atoms with Crippen molar-refractivity contribution in [3.8, 4) is 0 Å². The average molecular weight is 252 g/mol. The number of aromatic nitrogens is 1. The molecular weight excluding hydrogens is 234 g/mol. The zero-order valence-electron chi connectivity index (χ0n) is 10.5. The highest BCUT2D eigenvalue weighted by atomic mass is 35.5. The topological polar surface area (TPSA) is 25.2 Å². The molecular formula is C14H18ClNO. The number of fused-ring (bicyclic) bond motifs is 1. The van der Waals surface area contributed by atoms with Crippen molar-refractivity contribution in [3.63, 3.8) is 0 Å². The van der Waals surface area contributed by atoms with E-state index in [0.29, 0.717) is 5.15 Å². The average Bonchev–Trinajstić information content (AvgIpc) is 2.59. The lowest BCUT2D eigenvalue weighted by Gasteiger charge is -2.04. The molecule has 0 amide bonds. The van der Waals surface area contributed by atoms with Crippen LogP contribution in [0.1, 0.15) is 38.0 Å². The molecule has 92 valence electrons. The van der Waals surface area contributed by atoms with Gasteiger partial charge in [-0.3, -0.25) is 0 Å².